The van der Waals surface area contributed by atoms with Crippen molar-refractivity contribution in [3.63, 3.8) is 0 Å². The van der Waals surface area contributed by atoms with E-state index in [4.69, 9.17) is 9.47 Å². The lowest BCUT2D eigenvalue weighted by atomic mass is 9.82. The second kappa shape index (κ2) is 5.57. The Hall–Kier alpha value is -1.73. The normalized spacial score (nSPS) is 27.7. The molecule has 2 atom stereocenters. The molecule has 0 spiro atoms. The zero-order valence-corrected chi connectivity index (χ0v) is 12.3. The Morgan fingerprint density at radius 3 is 3.00 bits per heavy atom. The summed E-state index contributed by atoms with van der Waals surface area (Å²) in [6.07, 6.45) is 3.13. The van der Waals surface area contributed by atoms with Crippen molar-refractivity contribution in [1.82, 2.24) is 14.9 Å². The quantitative estimate of drug-likeness (QED) is 0.857. The Kier molecular flexibility index (Phi) is 3.77. The number of aromatic nitrogens is 2. The van der Waals surface area contributed by atoms with E-state index in [1.165, 1.54) is 0 Å². The molecule has 2 saturated heterocycles. The van der Waals surface area contributed by atoms with Crippen LogP contribution in [0.2, 0.25) is 0 Å². The van der Waals surface area contributed by atoms with Crippen molar-refractivity contribution in [2.45, 2.75) is 0 Å². The standard InChI is InChI=1S/C14H20N4O3/c1-15-13-16-3-10(4-17-13)12(19)18-5-11-6-21-9-14(11,7-18)8-20-2/h3-4,11H,5-9H2,1-2H3,(H,15,16,17)/t11-,14-/m0/s1. The molecule has 0 radical (unpaired) electrons. The Balaban J connectivity index is 1.74. The number of fused-ring (bicyclic) bond motifs is 1. The van der Waals surface area contributed by atoms with Gasteiger partial charge in [0.1, 0.15) is 0 Å². The molecule has 3 rings (SSSR count). The van der Waals surface area contributed by atoms with Crippen LogP contribution in [-0.4, -0.2) is 67.8 Å². The van der Waals surface area contributed by atoms with E-state index in [0.717, 1.165) is 0 Å². The largest absolute Gasteiger partial charge is 0.384 e. The van der Waals surface area contributed by atoms with Gasteiger partial charge in [-0.2, -0.15) is 0 Å². The van der Waals surface area contributed by atoms with Crippen molar-refractivity contribution in [2.75, 3.05) is 52.4 Å². The van der Waals surface area contributed by atoms with Gasteiger partial charge >= 0.3 is 0 Å². The Bertz CT molecular complexity index is 521. The molecule has 2 aliphatic rings. The van der Waals surface area contributed by atoms with E-state index in [-0.39, 0.29) is 11.3 Å². The molecule has 0 saturated carbocycles. The number of hydrogen-bond acceptors (Lipinski definition) is 6. The fraction of sp³-hybridized carbons (Fsp3) is 0.643. The van der Waals surface area contributed by atoms with Gasteiger partial charge in [0.2, 0.25) is 5.95 Å². The molecule has 1 amide bonds. The van der Waals surface area contributed by atoms with Crippen LogP contribution in [0.25, 0.3) is 0 Å². The molecule has 2 fully saturated rings. The molecule has 1 aromatic heterocycles. The average Bonchev–Trinajstić information content (AvgIpc) is 3.03. The van der Waals surface area contributed by atoms with Crippen LogP contribution in [0.5, 0.6) is 0 Å². The molecule has 7 nitrogen and oxygen atoms in total. The second-order valence-electron chi connectivity index (χ2n) is 5.74. The van der Waals surface area contributed by atoms with Gasteiger partial charge in [-0.05, 0) is 0 Å². The van der Waals surface area contributed by atoms with Crippen LogP contribution in [0.1, 0.15) is 10.4 Å². The highest BCUT2D eigenvalue weighted by Crippen LogP contribution is 2.41. The first-order valence-corrected chi connectivity index (χ1v) is 7.04. The van der Waals surface area contributed by atoms with Crippen molar-refractivity contribution < 1.29 is 14.3 Å². The van der Waals surface area contributed by atoms with E-state index >= 15 is 0 Å². The predicted molar refractivity (Wildman–Crippen MR) is 76.1 cm³/mol. The smallest absolute Gasteiger partial charge is 0.257 e. The lowest BCUT2D eigenvalue weighted by Gasteiger charge is -2.25. The van der Waals surface area contributed by atoms with E-state index in [0.29, 0.717) is 50.3 Å². The van der Waals surface area contributed by atoms with Crippen LogP contribution >= 0.6 is 0 Å². The summed E-state index contributed by atoms with van der Waals surface area (Å²) in [4.78, 5) is 22.6. The number of hydrogen-bond donors (Lipinski definition) is 1. The van der Waals surface area contributed by atoms with Gasteiger partial charge in [0, 0.05) is 51.0 Å². The number of amides is 1. The highest BCUT2D eigenvalue weighted by Gasteiger charge is 2.51. The molecule has 0 unspecified atom stereocenters. The predicted octanol–water partition coefficient (Wildman–Crippen LogP) is 0.253. The summed E-state index contributed by atoms with van der Waals surface area (Å²) in [6, 6.07) is 0. The third kappa shape index (κ3) is 2.47. The lowest BCUT2D eigenvalue weighted by Crippen LogP contribution is -2.37. The van der Waals surface area contributed by atoms with Gasteiger partial charge in [0.25, 0.3) is 5.91 Å². The number of carbonyl (C=O) groups is 1. The summed E-state index contributed by atoms with van der Waals surface area (Å²) in [7, 11) is 3.44. The van der Waals surface area contributed by atoms with Gasteiger partial charge in [-0.15, -0.1) is 0 Å². The third-order valence-corrected chi connectivity index (χ3v) is 4.36. The molecule has 114 valence electrons. The first-order valence-electron chi connectivity index (χ1n) is 7.04. The third-order valence-electron chi connectivity index (χ3n) is 4.36. The minimum absolute atomic E-state index is 0.0254. The van der Waals surface area contributed by atoms with Crippen LogP contribution in [-0.2, 0) is 9.47 Å². The summed E-state index contributed by atoms with van der Waals surface area (Å²) >= 11 is 0. The van der Waals surface area contributed by atoms with Crippen molar-refractivity contribution in [3.8, 4) is 0 Å². The van der Waals surface area contributed by atoms with Gasteiger partial charge in [0.05, 0.1) is 25.4 Å². The molecule has 0 aromatic carbocycles. The maximum Gasteiger partial charge on any atom is 0.257 e. The van der Waals surface area contributed by atoms with Crippen molar-refractivity contribution >= 4 is 11.9 Å². The molecule has 21 heavy (non-hydrogen) atoms. The van der Waals surface area contributed by atoms with E-state index in [9.17, 15) is 4.79 Å². The minimum atomic E-state index is -0.0593. The Morgan fingerprint density at radius 1 is 1.57 bits per heavy atom. The van der Waals surface area contributed by atoms with Gasteiger partial charge in [-0.25, -0.2) is 9.97 Å². The zero-order chi connectivity index (χ0) is 14.9. The number of nitrogens with one attached hydrogen (secondary N) is 1. The van der Waals surface area contributed by atoms with E-state index < -0.39 is 0 Å². The second-order valence-corrected chi connectivity index (χ2v) is 5.74. The molecular weight excluding hydrogens is 272 g/mol. The van der Waals surface area contributed by atoms with Crippen LogP contribution < -0.4 is 5.32 Å². The molecular formula is C14H20N4O3. The zero-order valence-electron chi connectivity index (χ0n) is 12.3. The summed E-state index contributed by atoms with van der Waals surface area (Å²) in [5, 5.41) is 2.84. The van der Waals surface area contributed by atoms with Crippen molar-refractivity contribution in [1.29, 1.82) is 0 Å². The number of anilines is 1. The number of likely N-dealkylation sites (tertiary alicyclic amines) is 1. The molecule has 3 heterocycles. The molecule has 1 aromatic rings. The topological polar surface area (TPSA) is 76.6 Å². The molecule has 0 bridgehead atoms. The van der Waals surface area contributed by atoms with Crippen molar-refractivity contribution in [3.05, 3.63) is 18.0 Å². The summed E-state index contributed by atoms with van der Waals surface area (Å²) < 4.78 is 10.9. The van der Waals surface area contributed by atoms with E-state index in [1.54, 1.807) is 26.6 Å². The summed E-state index contributed by atoms with van der Waals surface area (Å²) in [6.45, 7) is 3.34. The fourth-order valence-corrected chi connectivity index (χ4v) is 3.23. The number of rotatable bonds is 4. The van der Waals surface area contributed by atoms with Crippen LogP contribution in [0, 0.1) is 11.3 Å². The summed E-state index contributed by atoms with van der Waals surface area (Å²) in [5.74, 6) is 0.829. The maximum absolute atomic E-state index is 12.6. The number of ether oxygens (including phenoxy) is 2. The summed E-state index contributed by atoms with van der Waals surface area (Å²) in [5.41, 5.74) is 0.457. The Labute approximate surface area is 123 Å². The molecule has 0 aliphatic carbocycles. The molecule has 7 heteroatoms. The minimum Gasteiger partial charge on any atom is -0.384 e. The lowest BCUT2D eigenvalue weighted by molar-refractivity contribution is 0.0489. The molecule has 1 N–H and O–H groups in total. The van der Waals surface area contributed by atoms with Crippen molar-refractivity contribution in [2.24, 2.45) is 11.3 Å². The molecule has 2 aliphatic heterocycles. The Morgan fingerprint density at radius 2 is 2.33 bits per heavy atom. The van der Waals surface area contributed by atoms with E-state index in [2.05, 4.69) is 15.3 Å². The van der Waals surface area contributed by atoms with Gasteiger partial charge in [0.15, 0.2) is 0 Å². The highest BCUT2D eigenvalue weighted by molar-refractivity contribution is 5.94. The fourth-order valence-electron chi connectivity index (χ4n) is 3.23. The van der Waals surface area contributed by atoms with Gasteiger partial charge in [-0.1, -0.05) is 0 Å². The van der Waals surface area contributed by atoms with Crippen LogP contribution in [0.15, 0.2) is 12.4 Å². The number of nitrogens with zero attached hydrogens (tertiary/aromatic N) is 3. The van der Waals surface area contributed by atoms with Crippen LogP contribution in [0.4, 0.5) is 5.95 Å². The first kappa shape index (κ1) is 14.2. The van der Waals surface area contributed by atoms with Gasteiger partial charge in [-0.3, -0.25) is 4.79 Å². The first-order chi connectivity index (χ1) is 10.2. The van der Waals surface area contributed by atoms with Crippen LogP contribution in [0.3, 0.4) is 0 Å². The average molecular weight is 292 g/mol. The SMILES string of the molecule is CNc1ncc(C(=O)N2C[C@H]3COC[C@@]3(COC)C2)cn1. The number of methoxy groups -OCH3 is 1. The highest BCUT2D eigenvalue weighted by atomic mass is 16.5. The number of carbonyl (C=O) groups excluding carboxylic acids is 1. The van der Waals surface area contributed by atoms with E-state index in [1.807, 2.05) is 4.90 Å². The monoisotopic (exact) mass is 292 g/mol. The van der Waals surface area contributed by atoms with Gasteiger partial charge < -0.3 is 19.7 Å². The maximum atomic E-state index is 12.6.